The van der Waals surface area contributed by atoms with E-state index in [4.69, 9.17) is 4.74 Å². The van der Waals surface area contributed by atoms with Crippen LogP contribution in [-0.4, -0.2) is 24.0 Å². The minimum absolute atomic E-state index is 0.157. The van der Waals surface area contributed by atoms with Crippen LogP contribution in [0.25, 0.3) is 0 Å². The lowest BCUT2D eigenvalue weighted by atomic mass is 9.85. The summed E-state index contributed by atoms with van der Waals surface area (Å²) in [4.78, 5) is 24.9. The van der Waals surface area contributed by atoms with Crippen LogP contribution < -0.4 is 5.32 Å². The van der Waals surface area contributed by atoms with Gasteiger partial charge in [0.15, 0.2) is 6.10 Å². The lowest BCUT2D eigenvalue weighted by Gasteiger charge is -2.24. The van der Waals surface area contributed by atoms with Gasteiger partial charge in [-0.1, -0.05) is 63.4 Å². The highest BCUT2D eigenvalue weighted by Crippen LogP contribution is 2.28. The highest BCUT2D eigenvalue weighted by molar-refractivity contribution is 5.85. The van der Waals surface area contributed by atoms with Crippen LogP contribution in [0.1, 0.15) is 64.4 Å². The van der Waals surface area contributed by atoms with Crippen LogP contribution in [0.3, 0.4) is 0 Å². The van der Waals surface area contributed by atoms with Gasteiger partial charge in [0.25, 0.3) is 5.91 Å². The number of benzene rings is 1. The van der Waals surface area contributed by atoms with Crippen LogP contribution in [0.15, 0.2) is 30.3 Å². The second kappa shape index (κ2) is 8.86. The first-order chi connectivity index (χ1) is 11.5. The van der Waals surface area contributed by atoms with Crippen molar-refractivity contribution in [3.8, 4) is 0 Å². The largest absolute Gasteiger partial charge is 0.452 e. The molecule has 1 aromatic rings. The van der Waals surface area contributed by atoms with Crippen molar-refractivity contribution in [2.24, 2.45) is 5.92 Å². The number of carbonyl (C=O) groups excluding carboxylic acids is 2. The molecule has 0 saturated heterocycles. The van der Waals surface area contributed by atoms with Crippen molar-refractivity contribution >= 4 is 11.9 Å². The Morgan fingerprint density at radius 2 is 1.79 bits per heavy atom. The predicted molar refractivity (Wildman–Crippen MR) is 94.6 cm³/mol. The number of amides is 1. The second-order valence-corrected chi connectivity index (χ2v) is 6.84. The molecule has 0 aliphatic heterocycles. The topological polar surface area (TPSA) is 55.4 Å². The average molecular weight is 331 g/mol. The number of hydrogen-bond acceptors (Lipinski definition) is 3. The number of carbonyl (C=O) groups is 2. The van der Waals surface area contributed by atoms with Gasteiger partial charge in [0.2, 0.25) is 0 Å². The van der Waals surface area contributed by atoms with E-state index >= 15 is 0 Å². The van der Waals surface area contributed by atoms with Gasteiger partial charge in [-0.15, -0.1) is 0 Å². The molecule has 2 rings (SSSR count). The Morgan fingerprint density at radius 1 is 1.17 bits per heavy atom. The number of nitrogens with one attached hydrogen (secondary N) is 1. The zero-order chi connectivity index (χ0) is 17.5. The molecule has 24 heavy (non-hydrogen) atoms. The molecule has 4 nitrogen and oxygen atoms in total. The molecule has 1 amide bonds. The molecule has 0 heterocycles. The Bertz CT molecular complexity index is 537. The third-order valence-corrected chi connectivity index (χ3v) is 4.99. The van der Waals surface area contributed by atoms with Gasteiger partial charge >= 0.3 is 5.97 Å². The molecule has 1 aliphatic carbocycles. The Kier molecular flexibility index (Phi) is 6.83. The third kappa shape index (κ3) is 4.83. The maximum absolute atomic E-state index is 12.7. The Morgan fingerprint density at radius 3 is 2.38 bits per heavy atom. The zero-order valence-corrected chi connectivity index (χ0v) is 15.0. The van der Waals surface area contributed by atoms with Gasteiger partial charge < -0.3 is 10.1 Å². The monoisotopic (exact) mass is 331 g/mol. The highest BCUT2D eigenvalue weighted by Gasteiger charge is 2.30. The third-order valence-electron chi connectivity index (χ3n) is 4.99. The molecule has 3 atom stereocenters. The molecular formula is C20H29NO3. The van der Waals surface area contributed by atoms with E-state index in [1.807, 2.05) is 37.3 Å². The molecule has 4 heteroatoms. The van der Waals surface area contributed by atoms with Gasteiger partial charge in [-0.05, 0) is 31.2 Å². The van der Waals surface area contributed by atoms with Gasteiger partial charge in [0, 0.05) is 6.04 Å². The van der Waals surface area contributed by atoms with Gasteiger partial charge in [-0.2, -0.15) is 0 Å². The fraction of sp³-hybridized carbons (Fsp3) is 0.600. The molecule has 3 unspecified atom stereocenters. The summed E-state index contributed by atoms with van der Waals surface area (Å²) in [6.45, 7) is 5.76. The van der Waals surface area contributed by atoms with Gasteiger partial charge in [0.05, 0.1) is 5.92 Å². The first kappa shape index (κ1) is 18.5. The van der Waals surface area contributed by atoms with E-state index in [1.165, 1.54) is 0 Å². The van der Waals surface area contributed by atoms with Crippen LogP contribution in [0, 0.1) is 5.92 Å². The summed E-state index contributed by atoms with van der Waals surface area (Å²) in [5.74, 6) is -0.682. The summed E-state index contributed by atoms with van der Waals surface area (Å²) >= 11 is 0. The minimum Gasteiger partial charge on any atom is -0.452 e. The van der Waals surface area contributed by atoms with Crippen LogP contribution in [0.5, 0.6) is 0 Å². The first-order valence-electron chi connectivity index (χ1n) is 9.08. The first-order valence-corrected chi connectivity index (χ1v) is 9.08. The fourth-order valence-electron chi connectivity index (χ4n) is 3.28. The number of hydrogen-bond donors (Lipinski definition) is 1. The summed E-state index contributed by atoms with van der Waals surface area (Å²) in [7, 11) is 0. The molecule has 0 aromatic heterocycles. The van der Waals surface area contributed by atoms with Gasteiger partial charge in [-0.25, -0.2) is 0 Å². The molecule has 1 saturated carbocycles. The smallest absolute Gasteiger partial charge is 0.314 e. The molecule has 1 N–H and O–H groups in total. The highest BCUT2D eigenvalue weighted by atomic mass is 16.5. The maximum atomic E-state index is 12.7. The van der Waals surface area contributed by atoms with Crippen molar-refractivity contribution in [2.45, 2.75) is 70.9 Å². The van der Waals surface area contributed by atoms with E-state index in [0.29, 0.717) is 0 Å². The van der Waals surface area contributed by atoms with Gasteiger partial charge in [-0.3, -0.25) is 9.59 Å². The molecule has 1 fully saturated rings. The quantitative estimate of drug-likeness (QED) is 0.773. The van der Waals surface area contributed by atoms with E-state index < -0.39 is 6.10 Å². The van der Waals surface area contributed by atoms with Gasteiger partial charge in [0.1, 0.15) is 0 Å². The number of ether oxygens (including phenoxy) is 1. The molecule has 132 valence electrons. The van der Waals surface area contributed by atoms with E-state index in [2.05, 4.69) is 12.2 Å². The maximum Gasteiger partial charge on any atom is 0.314 e. The summed E-state index contributed by atoms with van der Waals surface area (Å²) in [5.41, 5.74) is 0.945. The Hall–Kier alpha value is -1.84. The molecule has 1 aromatic carbocycles. The normalized spacial score (nSPS) is 18.6. The Balaban J connectivity index is 1.99. The summed E-state index contributed by atoms with van der Waals surface area (Å²) in [5, 5.41) is 2.99. The number of rotatable bonds is 7. The van der Waals surface area contributed by atoms with Crippen molar-refractivity contribution in [3.63, 3.8) is 0 Å². The van der Waals surface area contributed by atoms with E-state index in [0.717, 1.165) is 37.7 Å². The van der Waals surface area contributed by atoms with Crippen molar-refractivity contribution in [1.82, 2.24) is 5.32 Å². The lowest BCUT2D eigenvalue weighted by molar-refractivity contribution is -0.157. The number of esters is 1. The zero-order valence-electron chi connectivity index (χ0n) is 15.0. The van der Waals surface area contributed by atoms with E-state index in [-0.39, 0.29) is 29.8 Å². The van der Waals surface area contributed by atoms with Crippen LogP contribution in [-0.2, 0) is 14.3 Å². The van der Waals surface area contributed by atoms with Crippen molar-refractivity contribution in [2.75, 3.05) is 0 Å². The second-order valence-electron chi connectivity index (χ2n) is 6.84. The SMILES string of the molecule is CCC(C)C(C(=O)OC(C)C(=O)NC1CCCC1)c1ccccc1. The molecule has 1 aliphatic rings. The molecule has 0 spiro atoms. The summed E-state index contributed by atoms with van der Waals surface area (Å²) in [6, 6.07) is 9.91. The minimum atomic E-state index is -0.756. The Labute approximate surface area is 145 Å². The molecular weight excluding hydrogens is 302 g/mol. The van der Waals surface area contributed by atoms with E-state index in [9.17, 15) is 9.59 Å². The lowest BCUT2D eigenvalue weighted by Crippen LogP contribution is -2.41. The van der Waals surface area contributed by atoms with E-state index in [1.54, 1.807) is 6.92 Å². The van der Waals surface area contributed by atoms with Crippen molar-refractivity contribution in [3.05, 3.63) is 35.9 Å². The predicted octanol–water partition coefficient (Wildman–Crippen LogP) is 3.81. The molecule has 0 radical (unpaired) electrons. The van der Waals surface area contributed by atoms with Crippen LogP contribution >= 0.6 is 0 Å². The van der Waals surface area contributed by atoms with Crippen LogP contribution in [0.2, 0.25) is 0 Å². The summed E-state index contributed by atoms with van der Waals surface area (Å²) < 4.78 is 5.51. The molecule has 0 bridgehead atoms. The van der Waals surface area contributed by atoms with Crippen LogP contribution in [0.4, 0.5) is 0 Å². The average Bonchev–Trinajstić information content (AvgIpc) is 3.08. The van der Waals surface area contributed by atoms with Crippen molar-refractivity contribution in [1.29, 1.82) is 0 Å². The summed E-state index contributed by atoms with van der Waals surface area (Å²) in [6.07, 6.45) is 4.47. The fourth-order valence-corrected chi connectivity index (χ4v) is 3.28. The van der Waals surface area contributed by atoms with Crippen molar-refractivity contribution < 1.29 is 14.3 Å². The standard InChI is InChI=1S/C20H29NO3/c1-4-14(2)18(16-10-6-5-7-11-16)20(23)24-15(3)19(22)21-17-12-8-9-13-17/h5-7,10-11,14-15,17-18H,4,8-9,12-13H2,1-3H3,(H,21,22).